The van der Waals surface area contributed by atoms with Crippen molar-refractivity contribution < 1.29 is 33.8 Å². The molecule has 362 valence electrons. The van der Waals surface area contributed by atoms with E-state index in [1.165, 1.54) is 11.3 Å². The van der Waals surface area contributed by atoms with Gasteiger partial charge in [0.2, 0.25) is 11.8 Å². The summed E-state index contributed by atoms with van der Waals surface area (Å²) in [5.74, 6) is -0.806. The molecule has 0 spiro atoms. The minimum absolute atomic E-state index is 0.0434. The van der Waals surface area contributed by atoms with Crippen molar-refractivity contribution in [2.45, 2.75) is 45.6 Å². The predicted octanol–water partition coefficient (Wildman–Crippen LogP) is 7.50. The lowest BCUT2D eigenvalue weighted by Crippen LogP contribution is -2.47. The Labute approximate surface area is 410 Å². The van der Waals surface area contributed by atoms with E-state index < -0.39 is 17.8 Å². The lowest BCUT2D eigenvalue weighted by molar-refractivity contribution is -0.134. The molecule has 1 unspecified atom stereocenters. The zero-order chi connectivity index (χ0) is 48.7. The fraction of sp³-hybridized carbons (Fsp3) is 0.340. The number of para-hydroxylation sites is 1. The lowest BCUT2D eigenvalue weighted by atomic mass is 9.88. The number of anilines is 3. The number of carbonyl (C=O) groups excluding carboxylic acids is 3. The fourth-order valence-corrected chi connectivity index (χ4v) is 10.4. The Hall–Kier alpha value is -7.21. The number of benzene rings is 4. The largest absolute Gasteiger partial charge is 0.493 e. The first-order valence-corrected chi connectivity index (χ1v) is 24.7. The summed E-state index contributed by atoms with van der Waals surface area (Å²) in [4.78, 5) is 66.6. The van der Waals surface area contributed by atoms with Gasteiger partial charge in [0, 0.05) is 94.3 Å². The zero-order valence-corrected chi connectivity index (χ0v) is 40.2. The van der Waals surface area contributed by atoms with Gasteiger partial charge >= 0.3 is 5.97 Å². The number of piperazine rings is 1. The molecule has 2 aromatic heterocycles. The number of hydrogen-bond acceptors (Lipinski definition) is 14. The molecule has 0 radical (unpaired) electrons. The van der Waals surface area contributed by atoms with Gasteiger partial charge in [-0.15, -0.1) is 0 Å². The molecule has 4 aromatic carbocycles. The lowest BCUT2D eigenvalue weighted by Gasteiger charge is -2.34. The molecule has 3 aliphatic heterocycles. The third-order valence-corrected chi connectivity index (χ3v) is 14.3. The molecule has 2 fully saturated rings. The summed E-state index contributed by atoms with van der Waals surface area (Å²) >= 11 is 1.43. The number of thiazole rings is 1. The number of fused-ring (bicyclic) bond motifs is 2. The van der Waals surface area contributed by atoms with Crippen LogP contribution in [0.2, 0.25) is 0 Å². The molecule has 1 atom stereocenters. The number of aromatic carboxylic acids is 1. The maximum Gasteiger partial charge on any atom is 0.355 e. The quantitative estimate of drug-likeness (QED) is 0.0322. The highest BCUT2D eigenvalue weighted by atomic mass is 32.1. The van der Waals surface area contributed by atoms with Gasteiger partial charge in [0.05, 0.1) is 35.1 Å². The summed E-state index contributed by atoms with van der Waals surface area (Å²) in [7, 11) is 1.77. The Kier molecular flexibility index (Phi) is 14.8. The maximum absolute atomic E-state index is 13.6. The van der Waals surface area contributed by atoms with Crippen molar-refractivity contribution in [1.82, 2.24) is 25.1 Å². The highest BCUT2D eigenvalue weighted by Gasteiger charge is 2.32. The minimum Gasteiger partial charge on any atom is -0.493 e. The number of ether oxygens (including phenoxy) is 2. The van der Waals surface area contributed by atoms with Crippen molar-refractivity contribution in [1.29, 1.82) is 5.41 Å². The molecule has 17 heteroatoms. The predicted molar refractivity (Wildman–Crippen MR) is 272 cm³/mol. The molecule has 70 heavy (non-hydrogen) atoms. The molecule has 5 heterocycles. The van der Waals surface area contributed by atoms with Crippen LogP contribution in [0, 0.1) is 18.3 Å². The Balaban J connectivity index is 0.733. The number of nitrogens with one attached hydrogen (secondary N) is 4. The number of nitrogens with zero attached hydrogens (tertiary/aromatic N) is 5. The highest BCUT2D eigenvalue weighted by molar-refractivity contribution is 7.22. The first-order chi connectivity index (χ1) is 34.0. The van der Waals surface area contributed by atoms with E-state index in [4.69, 9.17) is 19.9 Å². The number of carboxylic acid groups (broad SMARTS) is 1. The molecule has 2 saturated heterocycles. The third kappa shape index (κ3) is 10.8. The SMILES string of the molecule is CNc1cc(OCCCN2CCN(CCCOc3cccc(-c4ccc(N5CCc6cccc(C(=O)Nc7nc8ccccc8s7)c6C5)nc4C(=O)O)c3C)CC2)ccc1C(=N)C1CCC(=O)NC1=O. The van der Waals surface area contributed by atoms with Crippen molar-refractivity contribution in [2.24, 2.45) is 5.92 Å². The first-order valence-electron chi connectivity index (χ1n) is 23.8. The van der Waals surface area contributed by atoms with Crippen LogP contribution >= 0.6 is 11.3 Å². The molecule has 16 nitrogen and oxygen atoms in total. The van der Waals surface area contributed by atoms with Crippen LogP contribution in [-0.2, 0) is 22.6 Å². The van der Waals surface area contributed by atoms with Crippen LogP contribution in [0.15, 0.2) is 91.0 Å². The normalized spacial score (nSPS) is 16.4. The monoisotopic (exact) mass is 963 g/mol. The van der Waals surface area contributed by atoms with Gasteiger partial charge in [0.1, 0.15) is 17.3 Å². The molecule has 3 aliphatic rings. The van der Waals surface area contributed by atoms with Gasteiger partial charge in [-0.05, 0) is 103 Å². The zero-order valence-electron chi connectivity index (χ0n) is 39.4. The molecule has 3 amide bonds. The van der Waals surface area contributed by atoms with Gasteiger partial charge in [-0.25, -0.2) is 14.8 Å². The van der Waals surface area contributed by atoms with E-state index in [0.29, 0.717) is 84.0 Å². The van der Waals surface area contributed by atoms with E-state index in [1.807, 2.05) is 96.8 Å². The van der Waals surface area contributed by atoms with E-state index in [0.717, 1.165) is 84.6 Å². The van der Waals surface area contributed by atoms with E-state index in [2.05, 4.69) is 30.7 Å². The Morgan fingerprint density at radius 2 is 1.60 bits per heavy atom. The number of carboxylic acids is 1. The van der Waals surface area contributed by atoms with Crippen molar-refractivity contribution >= 4 is 67.6 Å². The van der Waals surface area contributed by atoms with Gasteiger partial charge in [0.25, 0.3) is 5.91 Å². The minimum atomic E-state index is -1.12. The van der Waals surface area contributed by atoms with Gasteiger partial charge in [0.15, 0.2) is 10.8 Å². The second-order valence-electron chi connectivity index (χ2n) is 17.8. The molecule has 0 bridgehead atoms. The molecule has 9 rings (SSSR count). The number of pyridine rings is 1. The summed E-state index contributed by atoms with van der Waals surface area (Å²) in [6.45, 7) is 9.75. The number of imide groups is 1. The van der Waals surface area contributed by atoms with Crippen LogP contribution in [0.5, 0.6) is 11.5 Å². The Morgan fingerprint density at radius 3 is 2.34 bits per heavy atom. The first kappa shape index (κ1) is 47.8. The van der Waals surface area contributed by atoms with Gasteiger partial charge in [-0.3, -0.25) is 25.0 Å². The summed E-state index contributed by atoms with van der Waals surface area (Å²) < 4.78 is 13.4. The van der Waals surface area contributed by atoms with Crippen LogP contribution in [0.4, 0.5) is 16.6 Å². The Morgan fingerprint density at radius 1 is 0.843 bits per heavy atom. The van der Waals surface area contributed by atoms with Crippen LogP contribution in [-0.4, -0.2) is 120 Å². The van der Waals surface area contributed by atoms with Gasteiger partial charge in [-0.1, -0.05) is 47.7 Å². The van der Waals surface area contributed by atoms with Crippen LogP contribution in [0.25, 0.3) is 21.3 Å². The van der Waals surface area contributed by atoms with E-state index in [1.54, 1.807) is 13.1 Å². The van der Waals surface area contributed by atoms with Crippen molar-refractivity contribution in [3.05, 3.63) is 125 Å². The van der Waals surface area contributed by atoms with E-state index in [9.17, 15) is 24.3 Å². The fourth-order valence-electron chi connectivity index (χ4n) is 9.54. The second-order valence-corrected chi connectivity index (χ2v) is 18.8. The van der Waals surface area contributed by atoms with Crippen molar-refractivity contribution in [3.8, 4) is 22.6 Å². The van der Waals surface area contributed by atoms with E-state index >= 15 is 0 Å². The average Bonchev–Trinajstić information content (AvgIpc) is 3.79. The van der Waals surface area contributed by atoms with Gasteiger partial charge < -0.3 is 40.0 Å². The molecule has 5 N–H and O–H groups in total. The number of hydrogen-bond donors (Lipinski definition) is 5. The average molecular weight is 964 g/mol. The molecule has 6 aromatic rings. The smallest absolute Gasteiger partial charge is 0.355 e. The maximum atomic E-state index is 13.6. The van der Waals surface area contributed by atoms with Gasteiger partial charge in [-0.2, -0.15) is 0 Å². The summed E-state index contributed by atoms with van der Waals surface area (Å²) in [5.41, 5.74) is 6.92. The molecule has 0 saturated carbocycles. The topological polar surface area (TPSA) is 202 Å². The summed E-state index contributed by atoms with van der Waals surface area (Å²) in [6.07, 6.45) is 2.95. The van der Waals surface area contributed by atoms with Crippen LogP contribution < -0.4 is 30.3 Å². The number of piperidine rings is 1. The van der Waals surface area contributed by atoms with E-state index in [-0.39, 0.29) is 29.6 Å². The summed E-state index contributed by atoms with van der Waals surface area (Å²) in [6, 6.07) is 28.4. The van der Waals surface area contributed by atoms with Crippen molar-refractivity contribution in [3.63, 3.8) is 0 Å². The molecule has 0 aliphatic carbocycles. The summed E-state index contributed by atoms with van der Waals surface area (Å²) in [5, 5.41) is 28.1. The third-order valence-electron chi connectivity index (χ3n) is 13.4. The molecular weight excluding hydrogens is 907 g/mol. The number of amides is 3. The number of carbonyl (C=O) groups is 4. The highest BCUT2D eigenvalue weighted by Crippen LogP contribution is 2.35. The second kappa shape index (κ2) is 21.6. The van der Waals surface area contributed by atoms with Crippen LogP contribution in [0.3, 0.4) is 0 Å². The van der Waals surface area contributed by atoms with Crippen molar-refractivity contribution in [2.75, 3.05) is 81.6 Å². The number of aromatic nitrogens is 2. The standard InChI is InChI=1S/C53H57N9O7S/c1-33-36(37-17-19-46(57-49(37)52(66)67)62-24-21-34-9-5-11-38(41(34)32-62)50(64)59-53-56-42-12-3-4-14-45(42)70-53)10-6-13-44(33)69-30-8-23-61-27-25-60(26-28-61)22-7-29-68-35-15-16-39(43(31-35)55-2)48(54)40-18-20-47(63)58-51(40)65/h3-6,9-17,19,31,40,54-55H,7-8,18,20-30,32H2,1-2H3,(H,66,67)(H,56,59,64)(H,58,63,65). The van der Waals surface area contributed by atoms with Crippen LogP contribution in [0.1, 0.15) is 68.8 Å². The Bertz CT molecular complexity index is 2920. The molecular formula is C53H57N9O7S. The number of rotatable bonds is 18.